The van der Waals surface area contributed by atoms with Crippen molar-refractivity contribution in [1.29, 1.82) is 0 Å². The molecule has 1 radical (unpaired) electrons. The van der Waals surface area contributed by atoms with Crippen molar-refractivity contribution < 1.29 is 9.47 Å². The van der Waals surface area contributed by atoms with Crippen LogP contribution in [-0.2, 0) is 0 Å². The van der Waals surface area contributed by atoms with E-state index in [0.717, 1.165) is 17.1 Å². The van der Waals surface area contributed by atoms with Gasteiger partial charge in [-0.15, -0.1) is 0 Å². The Bertz CT molecular complexity index is 268. The van der Waals surface area contributed by atoms with E-state index in [2.05, 4.69) is 6.92 Å². The molecule has 0 saturated heterocycles. The molecule has 0 aliphatic carbocycles. The van der Waals surface area contributed by atoms with Crippen LogP contribution in [0.2, 0.25) is 0 Å². The van der Waals surface area contributed by atoms with E-state index >= 15 is 0 Å². The maximum atomic E-state index is 5.34. The Balaban J connectivity index is 2.43. The van der Waals surface area contributed by atoms with Crippen molar-refractivity contribution in [1.82, 2.24) is 0 Å². The summed E-state index contributed by atoms with van der Waals surface area (Å²) < 4.78 is 10.7. The van der Waals surface area contributed by atoms with Crippen molar-refractivity contribution in [3.8, 4) is 11.5 Å². The molecule has 2 rings (SSSR count). The first kappa shape index (κ1) is 6.53. The summed E-state index contributed by atoms with van der Waals surface area (Å²) in [6.45, 7) is 5.07. The maximum absolute atomic E-state index is 5.34. The first-order valence-corrected chi connectivity index (χ1v) is 3.58. The van der Waals surface area contributed by atoms with Crippen LogP contribution in [0.1, 0.15) is 5.56 Å². The molecule has 0 aromatic heterocycles. The van der Waals surface area contributed by atoms with Crippen molar-refractivity contribution in [3.63, 3.8) is 0 Å². The molecule has 2 heteroatoms. The van der Waals surface area contributed by atoms with Crippen LogP contribution >= 0.6 is 0 Å². The lowest BCUT2D eigenvalue weighted by Gasteiger charge is -2.18. The van der Waals surface area contributed by atoms with Crippen LogP contribution in [0.3, 0.4) is 0 Å². The number of rotatable bonds is 0. The van der Waals surface area contributed by atoms with Gasteiger partial charge in [0, 0.05) is 0 Å². The molecule has 1 aromatic carbocycles. The molecule has 57 valence electrons. The normalized spacial score (nSPS) is 14.6. The third-order valence-corrected chi connectivity index (χ3v) is 1.61. The highest BCUT2D eigenvalue weighted by Gasteiger charge is 2.09. The minimum Gasteiger partial charge on any atom is -0.486 e. The van der Waals surface area contributed by atoms with Gasteiger partial charge in [-0.2, -0.15) is 0 Å². The summed E-state index contributed by atoms with van der Waals surface area (Å²) in [6.07, 6.45) is 0. The average Bonchev–Trinajstić information content (AvgIpc) is 2.04. The SMILES string of the molecule is [CH2]c1ccc2c(c1)OCCO2. The summed E-state index contributed by atoms with van der Waals surface area (Å²) in [7, 11) is 0. The Morgan fingerprint density at radius 1 is 1.09 bits per heavy atom. The Labute approximate surface area is 65.7 Å². The van der Waals surface area contributed by atoms with Crippen molar-refractivity contribution in [2.24, 2.45) is 0 Å². The zero-order valence-electron chi connectivity index (χ0n) is 6.17. The molecular weight excluding hydrogens is 140 g/mol. The maximum Gasteiger partial charge on any atom is 0.161 e. The second-order valence-corrected chi connectivity index (χ2v) is 2.48. The van der Waals surface area contributed by atoms with E-state index in [9.17, 15) is 0 Å². The third-order valence-electron chi connectivity index (χ3n) is 1.61. The first-order valence-electron chi connectivity index (χ1n) is 3.58. The molecule has 2 nitrogen and oxygen atoms in total. The standard InChI is InChI=1S/C9H9O2/c1-7-2-3-8-9(6-7)11-5-4-10-8/h2-3,6H,1,4-5H2. The lowest BCUT2D eigenvalue weighted by molar-refractivity contribution is 0.171. The van der Waals surface area contributed by atoms with Crippen LogP contribution in [-0.4, -0.2) is 13.2 Å². The molecule has 1 heterocycles. The highest BCUT2D eigenvalue weighted by Crippen LogP contribution is 2.30. The molecule has 1 aliphatic heterocycles. The van der Waals surface area contributed by atoms with Crippen LogP contribution in [0.25, 0.3) is 0 Å². The molecule has 0 spiro atoms. The Morgan fingerprint density at radius 3 is 2.64 bits per heavy atom. The average molecular weight is 149 g/mol. The molecule has 0 N–H and O–H groups in total. The van der Waals surface area contributed by atoms with Crippen LogP contribution in [0.15, 0.2) is 18.2 Å². The van der Waals surface area contributed by atoms with Crippen LogP contribution < -0.4 is 9.47 Å². The molecule has 0 amide bonds. The summed E-state index contributed by atoms with van der Waals surface area (Å²) in [5.41, 5.74) is 0.953. The predicted molar refractivity (Wildman–Crippen MR) is 41.9 cm³/mol. The van der Waals surface area contributed by atoms with Gasteiger partial charge in [0.15, 0.2) is 11.5 Å². The fourth-order valence-corrected chi connectivity index (χ4v) is 1.09. The fourth-order valence-electron chi connectivity index (χ4n) is 1.09. The smallest absolute Gasteiger partial charge is 0.161 e. The summed E-state index contributed by atoms with van der Waals surface area (Å²) in [4.78, 5) is 0. The first-order chi connectivity index (χ1) is 5.36. The van der Waals surface area contributed by atoms with Crippen molar-refractivity contribution >= 4 is 0 Å². The molecule has 11 heavy (non-hydrogen) atoms. The summed E-state index contributed by atoms with van der Waals surface area (Å²) in [5.74, 6) is 1.63. The number of hydrogen-bond acceptors (Lipinski definition) is 2. The topological polar surface area (TPSA) is 18.5 Å². The van der Waals surface area contributed by atoms with Gasteiger partial charge >= 0.3 is 0 Å². The van der Waals surface area contributed by atoms with Crippen LogP contribution in [0.4, 0.5) is 0 Å². The fraction of sp³-hybridized carbons (Fsp3) is 0.222. The van der Waals surface area contributed by atoms with Gasteiger partial charge in [-0.3, -0.25) is 0 Å². The van der Waals surface area contributed by atoms with E-state index < -0.39 is 0 Å². The van der Waals surface area contributed by atoms with Crippen molar-refractivity contribution in [2.75, 3.05) is 13.2 Å². The summed E-state index contributed by atoms with van der Waals surface area (Å²) >= 11 is 0. The lowest BCUT2D eigenvalue weighted by atomic mass is 10.2. The molecule has 1 aromatic rings. The van der Waals surface area contributed by atoms with Gasteiger partial charge in [0.1, 0.15) is 13.2 Å². The van der Waals surface area contributed by atoms with E-state index in [1.54, 1.807) is 0 Å². The third kappa shape index (κ3) is 1.16. The predicted octanol–water partition coefficient (Wildman–Crippen LogP) is 1.64. The van der Waals surface area contributed by atoms with E-state index in [4.69, 9.17) is 9.47 Å². The van der Waals surface area contributed by atoms with Gasteiger partial charge in [0.05, 0.1) is 0 Å². The minimum atomic E-state index is 0.635. The number of hydrogen-bond donors (Lipinski definition) is 0. The molecule has 0 fully saturated rings. The second kappa shape index (κ2) is 2.46. The van der Waals surface area contributed by atoms with Gasteiger partial charge in [0.2, 0.25) is 0 Å². The highest BCUT2D eigenvalue weighted by atomic mass is 16.6. The van der Waals surface area contributed by atoms with Crippen LogP contribution in [0, 0.1) is 6.92 Å². The lowest BCUT2D eigenvalue weighted by Crippen LogP contribution is -2.15. The van der Waals surface area contributed by atoms with Gasteiger partial charge < -0.3 is 9.47 Å². The van der Waals surface area contributed by atoms with E-state index in [0.29, 0.717) is 13.2 Å². The number of fused-ring (bicyclic) bond motifs is 1. The Morgan fingerprint density at radius 2 is 1.82 bits per heavy atom. The largest absolute Gasteiger partial charge is 0.486 e. The zero-order valence-corrected chi connectivity index (χ0v) is 6.17. The molecule has 0 unspecified atom stereocenters. The van der Waals surface area contributed by atoms with Crippen molar-refractivity contribution in [3.05, 3.63) is 30.7 Å². The van der Waals surface area contributed by atoms with E-state index in [1.807, 2.05) is 18.2 Å². The number of ether oxygens (including phenoxy) is 2. The number of benzene rings is 1. The van der Waals surface area contributed by atoms with E-state index in [-0.39, 0.29) is 0 Å². The van der Waals surface area contributed by atoms with Gasteiger partial charge in [0.25, 0.3) is 0 Å². The highest BCUT2D eigenvalue weighted by molar-refractivity contribution is 5.44. The Hall–Kier alpha value is -1.18. The summed E-state index contributed by atoms with van der Waals surface area (Å²) in [5, 5.41) is 0. The molecular formula is C9H9O2. The monoisotopic (exact) mass is 149 g/mol. The van der Waals surface area contributed by atoms with Crippen LogP contribution in [0.5, 0.6) is 11.5 Å². The van der Waals surface area contributed by atoms with Gasteiger partial charge in [-0.05, 0) is 24.6 Å². The quantitative estimate of drug-likeness (QED) is 0.558. The zero-order chi connectivity index (χ0) is 7.68. The van der Waals surface area contributed by atoms with Crippen molar-refractivity contribution in [2.45, 2.75) is 0 Å². The Kier molecular flexibility index (Phi) is 1.46. The van der Waals surface area contributed by atoms with E-state index in [1.165, 1.54) is 0 Å². The molecule has 0 atom stereocenters. The minimum absolute atomic E-state index is 0.635. The van der Waals surface area contributed by atoms with Gasteiger partial charge in [-0.1, -0.05) is 6.07 Å². The second-order valence-electron chi connectivity index (χ2n) is 2.48. The summed E-state index contributed by atoms with van der Waals surface area (Å²) in [6, 6.07) is 5.68. The van der Waals surface area contributed by atoms with Gasteiger partial charge in [-0.25, -0.2) is 0 Å². The molecule has 0 bridgehead atoms. The molecule has 1 aliphatic rings. The molecule has 0 saturated carbocycles.